The number of aromatic nitrogens is 2. The van der Waals surface area contributed by atoms with Gasteiger partial charge >= 0.3 is 0 Å². The lowest BCUT2D eigenvalue weighted by Crippen LogP contribution is -2.48. The number of ether oxygens (including phenoxy) is 1. The van der Waals surface area contributed by atoms with Crippen LogP contribution in [-0.4, -0.2) is 47.0 Å². The van der Waals surface area contributed by atoms with Gasteiger partial charge in [0.05, 0.1) is 12.6 Å². The van der Waals surface area contributed by atoms with Crippen LogP contribution in [0.4, 0.5) is 0 Å². The molecule has 28 heavy (non-hydrogen) atoms. The molecule has 144 valence electrons. The number of carbonyl (C=O) groups excluding carboxylic acids is 1. The molecule has 0 aliphatic carbocycles. The first-order chi connectivity index (χ1) is 13.8. The highest BCUT2D eigenvalue weighted by molar-refractivity contribution is 7.13. The molecule has 0 bridgehead atoms. The van der Waals surface area contributed by atoms with Gasteiger partial charge in [-0.2, -0.15) is 0 Å². The van der Waals surface area contributed by atoms with Crippen molar-refractivity contribution < 1.29 is 9.53 Å². The second kappa shape index (κ2) is 8.50. The van der Waals surface area contributed by atoms with E-state index < -0.39 is 0 Å². The van der Waals surface area contributed by atoms with Crippen molar-refractivity contribution >= 4 is 17.2 Å². The normalized spacial score (nSPS) is 16.8. The number of nitrogens with one attached hydrogen (secondary N) is 1. The number of pyridine rings is 1. The Bertz CT molecular complexity index is 927. The van der Waals surface area contributed by atoms with Gasteiger partial charge in [-0.25, -0.2) is 4.98 Å². The van der Waals surface area contributed by atoms with Crippen LogP contribution in [0.15, 0.2) is 54.2 Å². The molecule has 1 unspecified atom stereocenters. The summed E-state index contributed by atoms with van der Waals surface area (Å²) >= 11 is 1.48. The Morgan fingerprint density at radius 1 is 1.32 bits per heavy atom. The highest BCUT2D eigenvalue weighted by atomic mass is 32.1. The Balaban J connectivity index is 1.54. The summed E-state index contributed by atoms with van der Waals surface area (Å²) in [6.45, 7) is 4.74. The van der Waals surface area contributed by atoms with Crippen molar-refractivity contribution in [1.82, 2.24) is 20.2 Å². The Labute approximate surface area is 168 Å². The van der Waals surface area contributed by atoms with Crippen LogP contribution in [0.3, 0.4) is 0 Å². The zero-order chi connectivity index (χ0) is 19.3. The number of piperazine rings is 1. The number of hydrogen-bond acceptors (Lipinski definition) is 6. The highest BCUT2D eigenvalue weighted by Gasteiger charge is 2.30. The monoisotopic (exact) mass is 394 g/mol. The van der Waals surface area contributed by atoms with Gasteiger partial charge < -0.3 is 15.0 Å². The number of carbonyl (C=O) groups is 1. The smallest absolute Gasteiger partial charge is 0.273 e. The van der Waals surface area contributed by atoms with Crippen molar-refractivity contribution in [2.24, 2.45) is 0 Å². The minimum atomic E-state index is -0.0382. The van der Waals surface area contributed by atoms with E-state index in [0.717, 1.165) is 28.4 Å². The Kier molecular flexibility index (Phi) is 5.64. The molecule has 2 aromatic heterocycles. The zero-order valence-corrected chi connectivity index (χ0v) is 16.5. The molecular formula is C21H22N4O2S. The molecule has 3 aromatic rings. The molecule has 1 fully saturated rings. The molecule has 0 radical (unpaired) electrons. The molecule has 1 aliphatic heterocycles. The Hall–Kier alpha value is -2.77. The van der Waals surface area contributed by atoms with Crippen LogP contribution in [0, 0.1) is 0 Å². The van der Waals surface area contributed by atoms with Gasteiger partial charge in [0.15, 0.2) is 0 Å². The van der Waals surface area contributed by atoms with Gasteiger partial charge in [0.1, 0.15) is 16.5 Å². The van der Waals surface area contributed by atoms with Crippen LogP contribution in [0.5, 0.6) is 5.75 Å². The minimum absolute atomic E-state index is 0.0365. The first-order valence-electron chi connectivity index (χ1n) is 9.36. The number of nitrogens with zero attached hydrogens (tertiary/aromatic N) is 3. The van der Waals surface area contributed by atoms with Gasteiger partial charge in [0, 0.05) is 43.0 Å². The fourth-order valence-corrected chi connectivity index (χ4v) is 4.13. The molecule has 0 saturated carbocycles. The average molecular weight is 394 g/mol. The summed E-state index contributed by atoms with van der Waals surface area (Å²) in [7, 11) is 0. The second-order valence-electron chi connectivity index (χ2n) is 6.50. The average Bonchev–Trinajstić information content (AvgIpc) is 3.25. The topological polar surface area (TPSA) is 67.3 Å². The minimum Gasteiger partial charge on any atom is -0.494 e. The lowest BCUT2D eigenvalue weighted by atomic mass is 10.0. The third kappa shape index (κ3) is 3.90. The van der Waals surface area contributed by atoms with Crippen LogP contribution in [0.2, 0.25) is 0 Å². The Morgan fingerprint density at radius 3 is 2.93 bits per heavy atom. The van der Waals surface area contributed by atoms with Gasteiger partial charge in [-0.15, -0.1) is 11.3 Å². The van der Waals surface area contributed by atoms with Crippen LogP contribution >= 0.6 is 11.3 Å². The number of benzene rings is 1. The molecule has 1 aliphatic rings. The molecule has 7 heteroatoms. The molecule has 6 nitrogen and oxygen atoms in total. The van der Waals surface area contributed by atoms with Crippen molar-refractivity contribution in [1.29, 1.82) is 0 Å². The quantitative estimate of drug-likeness (QED) is 0.718. The molecule has 1 atom stereocenters. The largest absolute Gasteiger partial charge is 0.494 e. The van der Waals surface area contributed by atoms with Crippen molar-refractivity contribution in [2.45, 2.75) is 13.0 Å². The van der Waals surface area contributed by atoms with Gasteiger partial charge in [0.2, 0.25) is 0 Å². The molecule has 3 heterocycles. The van der Waals surface area contributed by atoms with E-state index >= 15 is 0 Å². The van der Waals surface area contributed by atoms with E-state index in [4.69, 9.17) is 4.74 Å². The molecule has 1 aromatic carbocycles. The van der Waals surface area contributed by atoms with E-state index in [1.165, 1.54) is 11.3 Å². The van der Waals surface area contributed by atoms with Crippen molar-refractivity contribution in [2.75, 3.05) is 26.2 Å². The lowest BCUT2D eigenvalue weighted by Gasteiger charge is -2.36. The summed E-state index contributed by atoms with van der Waals surface area (Å²) in [5.74, 6) is 0.794. The fourth-order valence-electron chi connectivity index (χ4n) is 3.33. The van der Waals surface area contributed by atoms with Crippen molar-refractivity contribution in [3.63, 3.8) is 0 Å². The summed E-state index contributed by atoms with van der Waals surface area (Å²) in [4.78, 5) is 23.9. The molecule has 1 amide bonds. The number of hydrogen-bond donors (Lipinski definition) is 1. The van der Waals surface area contributed by atoms with Crippen molar-refractivity contribution in [3.8, 4) is 16.3 Å². The maximum Gasteiger partial charge on any atom is 0.273 e. The summed E-state index contributed by atoms with van der Waals surface area (Å²) < 4.78 is 5.48. The second-order valence-corrected chi connectivity index (χ2v) is 7.36. The third-order valence-electron chi connectivity index (χ3n) is 4.71. The maximum atomic E-state index is 13.2. The van der Waals surface area contributed by atoms with Gasteiger partial charge in [-0.1, -0.05) is 6.07 Å². The van der Waals surface area contributed by atoms with Crippen LogP contribution in [0.25, 0.3) is 10.6 Å². The first-order valence-corrected chi connectivity index (χ1v) is 10.2. The van der Waals surface area contributed by atoms with E-state index in [1.54, 1.807) is 6.20 Å². The molecule has 4 rings (SSSR count). The highest BCUT2D eigenvalue weighted by Crippen LogP contribution is 2.28. The summed E-state index contributed by atoms with van der Waals surface area (Å²) in [6, 6.07) is 11.7. The van der Waals surface area contributed by atoms with Crippen LogP contribution in [-0.2, 0) is 0 Å². The zero-order valence-electron chi connectivity index (χ0n) is 15.7. The van der Waals surface area contributed by atoms with Crippen LogP contribution < -0.4 is 10.1 Å². The van der Waals surface area contributed by atoms with Gasteiger partial charge in [-0.05, 0) is 42.8 Å². The fraction of sp³-hybridized carbons (Fsp3) is 0.286. The van der Waals surface area contributed by atoms with Crippen molar-refractivity contribution in [3.05, 3.63) is 65.4 Å². The van der Waals surface area contributed by atoms with E-state index in [2.05, 4.69) is 15.3 Å². The Morgan fingerprint density at radius 2 is 2.18 bits per heavy atom. The summed E-state index contributed by atoms with van der Waals surface area (Å²) in [6.07, 6.45) is 3.57. The predicted molar refractivity (Wildman–Crippen MR) is 110 cm³/mol. The van der Waals surface area contributed by atoms with Gasteiger partial charge in [0.25, 0.3) is 5.91 Å². The van der Waals surface area contributed by atoms with E-state index in [0.29, 0.717) is 25.4 Å². The number of thiazole rings is 1. The third-order valence-corrected chi connectivity index (χ3v) is 5.60. The van der Waals surface area contributed by atoms with Gasteiger partial charge in [-0.3, -0.25) is 9.78 Å². The first kappa shape index (κ1) is 18.6. The molecule has 0 spiro atoms. The summed E-state index contributed by atoms with van der Waals surface area (Å²) in [5.41, 5.74) is 2.51. The standard InChI is InChI=1S/C21H22N4O2S/c1-2-27-17-7-5-15(6-8-17)20-24-18(14-28-20)21(26)25-11-10-23-13-19(25)16-4-3-9-22-12-16/h3-9,12,14,19,23H,2,10-11,13H2,1H3. The summed E-state index contributed by atoms with van der Waals surface area (Å²) in [5, 5.41) is 6.04. The predicted octanol–water partition coefficient (Wildman–Crippen LogP) is 3.39. The molecule has 1 saturated heterocycles. The van der Waals surface area contributed by atoms with E-state index in [9.17, 15) is 4.79 Å². The van der Waals surface area contributed by atoms with E-state index in [-0.39, 0.29) is 11.9 Å². The molecular weight excluding hydrogens is 372 g/mol. The maximum absolute atomic E-state index is 13.2. The SMILES string of the molecule is CCOc1ccc(-c2nc(C(=O)N3CCNCC3c3cccnc3)cs2)cc1. The molecule has 1 N–H and O–H groups in total. The van der Waals surface area contributed by atoms with E-state index in [1.807, 2.05) is 59.8 Å². The number of rotatable bonds is 5. The number of amides is 1. The van der Waals surface area contributed by atoms with Crippen LogP contribution in [0.1, 0.15) is 29.0 Å². The lowest BCUT2D eigenvalue weighted by molar-refractivity contribution is 0.0629.